The van der Waals surface area contributed by atoms with Crippen LogP contribution in [0.15, 0.2) is 24.3 Å². The number of amides is 1. The van der Waals surface area contributed by atoms with Crippen molar-refractivity contribution in [3.05, 3.63) is 34.9 Å². The molecule has 0 radical (unpaired) electrons. The molecule has 0 spiro atoms. The molecule has 18 heavy (non-hydrogen) atoms. The number of carbonyl (C=O) groups excluding carboxylic acids is 1. The molecule has 98 valence electrons. The Bertz CT molecular complexity index is 425. The molecule has 2 unspecified atom stereocenters. The molecule has 0 aliphatic carbocycles. The number of benzene rings is 1. The van der Waals surface area contributed by atoms with Crippen LogP contribution < -0.4 is 10.6 Å². The van der Waals surface area contributed by atoms with Crippen molar-refractivity contribution in [1.29, 1.82) is 0 Å². The van der Waals surface area contributed by atoms with Crippen LogP contribution in [-0.2, 0) is 16.0 Å². The predicted octanol–water partition coefficient (Wildman–Crippen LogP) is 0.986. The molecular formula is C13H17ClN2O2. The molecule has 1 fully saturated rings. The first-order chi connectivity index (χ1) is 8.69. The smallest absolute Gasteiger partial charge is 0.224 e. The van der Waals surface area contributed by atoms with E-state index in [-0.39, 0.29) is 18.1 Å². The molecule has 2 rings (SSSR count). The third-order valence-electron chi connectivity index (χ3n) is 3.06. The van der Waals surface area contributed by atoms with Gasteiger partial charge in [-0.25, -0.2) is 0 Å². The van der Waals surface area contributed by atoms with Crippen molar-refractivity contribution in [3.8, 4) is 0 Å². The average molecular weight is 269 g/mol. The van der Waals surface area contributed by atoms with Crippen molar-refractivity contribution in [1.82, 2.24) is 10.6 Å². The molecule has 1 aromatic carbocycles. The summed E-state index contributed by atoms with van der Waals surface area (Å²) in [6, 6.07) is 7.39. The summed E-state index contributed by atoms with van der Waals surface area (Å²) in [5.41, 5.74) is 0.917. The Morgan fingerprint density at radius 1 is 1.56 bits per heavy atom. The molecule has 2 N–H and O–H groups in total. The van der Waals surface area contributed by atoms with E-state index in [0.29, 0.717) is 11.4 Å². The molecule has 0 aromatic heterocycles. The Balaban J connectivity index is 1.89. The number of rotatable bonds is 4. The van der Waals surface area contributed by atoms with Gasteiger partial charge in [-0.15, -0.1) is 0 Å². The second-order valence-electron chi connectivity index (χ2n) is 4.41. The monoisotopic (exact) mass is 268 g/mol. The number of carbonyl (C=O) groups is 1. The highest BCUT2D eigenvalue weighted by Gasteiger charge is 2.27. The Morgan fingerprint density at radius 2 is 2.39 bits per heavy atom. The summed E-state index contributed by atoms with van der Waals surface area (Å²) in [6.07, 6.45) is 0.390. The van der Waals surface area contributed by atoms with Gasteiger partial charge in [-0.05, 0) is 17.7 Å². The zero-order chi connectivity index (χ0) is 13.0. The van der Waals surface area contributed by atoms with Gasteiger partial charge in [-0.1, -0.05) is 23.7 Å². The summed E-state index contributed by atoms with van der Waals surface area (Å²) >= 11 is 5.88. The maximum absolute atomic E-state index is 11.9. The summed E-state index contributed by atoms with van der Waals surface area (Å²) in [5.74, 6) is -0.00647. The van der Waals surface area contributed by atoms with Crippen molar-refractivity contribution < 1.29 is 9.53 Å². The van der Waals surface area contributed by atoms with Crippen molar-refractivity contribution in [2.75, 3.05) is 20.2 Å². The highest BCUT2D eigenvalue weighted by molar-refractivity contribution is 6.30. The molecule has 1 aliphatic heterocycles. The van der Waals surface area contributed by atoms with Crippen LogP contribution in [0.2, 0.25) is 5.02 Å². The van der Waals surface area contributed by atoms with E-state index in [1.807, 2.05) is 18.2 Å². The largest absolute Gasteiger partial charge is 0.378 e. The Hall–Kier alpha value is -1.10. The van der Waals surface area contributed by atoms with E-state index in [1.54, 1.807) is 13.2 Å². The van der Waals surface area contributed by atoms with Crippen LogP contribution in [0.5, 0.6) is 0 Å². The molecular weight excluding hydrogens is 252 g/mol. The van der Waals surface area contributed by atoms with Crippen LogP contribution in [0.3, 0.4) is 0 Å². The Morgan fingerprint density at radius 3 is 3.11 bits per heavy atom. The number of methoxy groups -OCH3 is 1. The maximum atomic E-state index is 11.9. The number of ether oxygens (including phenoxy) is 1. The third kappa shape index (κ3) is 3.45. The SMILES string of the molecule is COC1CNCC1NC(=O)Cc1cccc(Cl)c1. The van der Waals surface area contributed by atoms with Gasteiger partial charge in [-0.2, -0.15) is 0 Å². The fourth-order valence-electron chi connectivity index (χ4n) is 2.14. The lowest BCUT2D eigenvalue weighted by atomic mass is 10.1. The second-order valence-corrected chi connectivity index (χ2v) is 4.85. The van der Waals surface area contributed by atoms with E-state index in [2.05, 4.69) is 10.6 Å². The minimum Gasteiger partial charge on any atom is -0.378 e. The molecule has 1 amide bonds. The van der Waals surface area contributed by atoms with Crippen LogP contribution in [0.1, 0.15) is 5.56 Å². The molecule has 0 saturated carbocycles. The van der Waals surface area contributed by atoms with Gasteiger partial charge in [0.15, 0.2) is 0 Å². The maximum Gasteiger partial charge on any atom is 0.224 e. The summed E-state index contributed by atoms with van der Waals surface area (Å²) in [5, 5.41) is 6.82. The number of hydrogen-bond acceptors (Lipinski definition) is 3. The molecule has 0 bridgehead atoms. The van der Waals surface area contributed by atoms with Crippen LogP contribution in [-0.4, -0.2) is 38.3 Å². The average Bonchev–Trinajstić information content (AvgIpc) is 2.76. The fraction of sp³-hybridized carbons (Fsp3) is 0.462. The minimum absolute atomic E-state index is 0.00647. The van der Waals surface area contributed by atoms with Crippen molar-refractivity contribution in [2.24, 2.45) is 0 Å². The van der Waals surface area contributed by atoms with Gasteiger partial charge in [0.25, 0.3) is 0 Å². The van der Waals surface area contributed by atoms with E-state index >= 15 is 0 Å². The summed E-state index contributed by atoms with van der Waals surface area (Å²) < 4.78 is 5.30. The highest BCUT2D eigenvalue weighted by Crippen LogP contribution is 2.11. The van der Waals surface area contributed by atoms with E-state index in [4.69, 9.17) is 16.3 Å². The van der Waals surface area contributed by atoms with Crippen LogP contribution in [0.4, 0.5) is 0 Å². The fourth-order valence-corrected chi connectivity index (χ4v) is 2.35. The Kier molecular flexibility index (Phi) is 4.58. The van der Waals surface area contributed by atoms with E-state index < -0.39 is 0 Å². The van der Waals surface area contributed by atoms with Gasteiger partial charge >= 0.3 is 0 Å². The van der Waals surface area contributed by atoms with Gasteiger partial charge in [0.1, 0.15) is 0 Å². The lowest BCUT2D eigenvalue weighted by molar-refractivity contribution is -0.121. The number of nitrogens with one attached hydrogen (secondary N) is 2. The zero-order valence-electron chi connectivity index (χ0n) is 10.3. The summed E-state index contributed by atoms with van der Waals surface area (Å²) in [4.78, 5) is 11.9. The van der Waals surface area contributed by atoms with Gasteiger partial charge in [-0.3, -0.25) is 4.79 Å². The first-order valence-corrected chi connectivity index (χ1v) is 6.34. The molecule has 4 nitrogen and oxygen atoms in total. The topological polar surface area (TPSA) is 50.4 Å². The zero-order valence-corrected chi connectivity index (χ0v) is 11.0. The molecule has 5 heteroatoms. The first-order valence-electron chi connectivity index (χ1n) is 5.96. The van der Waals surface area contributed by atoms with Crippen LogP contribution in [0, 0.1) is 0 Å². The lowest BCUT2D eigenvalue weighted by Gasteiger charge is -2.18. The standard InChI is InChI=1S/C13H17ClN2O2/c1-18-12-8-15-7-11(12)16-13(17)6-9-3-2-4-10(14)5-9/h2-5,11-12,15H,6-8H2,1H3,(H,16,17). The minimum atomic E-state index is -0.00647. The number of halogens is 1. The van der Waals surface area contributed by atoms with Gasteiger partial charge in [0, 0.05) is 25.2 Å². The molecule has 1 saturated heterocycles. The summed E-state index contributed by atoms with van der Waals surface area (Å²) in [6.45, 7) is 1.53. The quantitative estimate of drug-likeness (QED) is 0.856. The Labute approximate surface area is 112 Å². The molecule has 1 aromatic rings. The van der Waals surface area contributed by atoms with E-state index in [0.717, 1.165) is 18.7 Å². The predicted molar refractivity (Wildman–Crippen MR) is 70.8 cm³/mol. The van der Waals surface area contributed by atoms with E-state index in [1.165, 1.54) is 0 Å². The van der Waals surface area contributed by atoms with Gasteiger partial charge in [0.05, 0.1) is 18.6 Å². The third-order valence-corrected chi connectivity index (χ3v) is 3.30. The molecule has 1 heterocycles. The number of hydrogen-bond donors (Lipinski definition) is 2. The van der Waals surface area contributed by atoms with Crippen molar-refractivity contribution >= 4 is 17.5 Å². The second kappa shape index (κ2) is 6.18. The molecule has 2 atom stereocenters. The highest BCUT2D eigenvalue weighted by atomic mass is 35.5. The molecule has 1 aliphatic rings. The van der Waals surface area contributed by atoms with Crippen LogP contribution in [0.25, 0.3) is 0 Å². The van der Waals surface area contributed by atoms with Crippen molar-refractivity contribution in [3.63, 3.8) is 0 Å². The van der Waals surface area contributed by atoms with E-state index in [9.17, 15) is 4.79 Å². The summed E-state index contributed by atoms with van der Waals surface area (Å²) in [7, 11) is 1.66. The van der Waals surface area contributed by atoms with Gasteiger partial charge < -0.3 is 15.4 Å². The van der Waals surface area contributed by atoms with Gasteiger partial charge in [0.2, 0.25) is 5.91 Å². The van der Waals surface area contributed by atoms with Crippen LogP contribution >= 0.6 is 11.6 Å². The van der Waals surface area contributed by atoms with Crippen molar-refractivity contribution in [2.45, 2.75) is 18.6 Å². The first kappa shape index (κ1) is 13.3. The lowest BCUT2D eigenvalue weighted by Crippen LogP contribution is -2.44. The normalized spacial score (nSPS) is 23.0.